The summed E-state index contributed by atoms with van der Waals surface area (Å²) in [5.41, 5.74) is 2.47. The first-order valence-electron chi connectivity index (χ1n) is 13.0. The topological polar surface area (TPSA) is 88.9 Å². The molecule has 1 aromatic heterocycles. The molecule has 9 nitrogen and oxygen atoms in total. The normalized spacial score (nSPS) is 16.8. The van der Waals surface area contributed by atoms with Crippen LogP contribution in [0.25, 0.3) is 0 Å². The molecule has 0 aliphatic carbocycles. The van der Waals surface area contributed by atoms with Crippen molar-refractivity contribution in [3.8, 4) is 5.75 Å². The van der Waals surface area contributed by atoms with Gasteiger partial charge in [0, 0.05) is 43.7 Å². The summed E-state index contributed by atoms with van der Waals surface area (Å²) in [6.45, 7) is 4.33. The van der Waals surface area contributed by atoms with Crippen molar-refractivity contribution in [3.05, 3.63) is 78.1 Å². The van der Waals surface area contributed by atoms with Crippen molar-refractivity contribution < 1.29 is 19.2 Å². The molecule has 37 heavy (non-hydrogen) atoms. The molecular weight excluding hydrogens is 470 g/mol. The van der Waals surface area contributed by atoms with Crippen molar-refractivity contribution in [2.45, 2.75) is 44.8 Å². The van der Waals surface area contributed by atoms with Crippen LogP contribution in [0.4, 0.5) is 10.5 Å². The number of amides is 2. The highest BCUT2D eigenvalue weighted by atomic mass is 16.7. The van der Waals surface area contributed by atoms with Crippen LogP contribution in [0.15, 0.2) is 67.0 Å². The van der Waals surface area contributed by atoms with Crippen LogP contribution in [-0.2, 0) is 6.54 Å². The molecule has 0 spiro atoms. The fraction of sp³-hybridized carbons (Fsp3) is 0.393. The molecule has 2 saturated heterocycles. The highest BCUT2D eigenvalue weighted by molar-refractivity contribution is 6.04. The fourth-order valence-corrected chi connectivity index (χ4v) is 4.73. The Kier molecular flexibility index (Phi) is 8.00. The summed E-state index contributed by atoms with van der Waals surface area (Å²) in [7, 11) is 0. The Morgan fingerprint density at radius 3 is 2.32 bits per heavy atom. The van der Waals surface area contributed by atoms with Crippen LogP contribution in [0.3, 0.4) is 0 Å². The summed E-state index contributed by atoms with van der Waals surface area (Å²) >= 11 is 0. The van der Waals surface area contributed by atoms with Crippen LogP contribution in [0.5, 0.6) is 5.75 Å². The van der Waals surface area contributed by atoms with E-state index in [1.165, 1.54) is 29.7 Å². The smallest absolute Gasteiger partial charge is 0.410 e. The number of hydrogen-bond acceptors (Lipinski definition) is 6. The van der Waals surface area contributed by atoms with Gasteiger partial charge in [-0.15, -0.1) is 9.94 Å². The average Bonchev–Trinajstić information content (AvgIpc) is 3.44. The molecule has 0 atom stereocenters. The zero-order valence-electron chi connectivity index (χ0n) is 20.9. The Hall–Kier alpha value is -3.85. The monoisotopic (exact) mass is 503 g/mol. The van der Waals surface area contributed by atoms with Crippen molar-refractivity contribution in [2.24, 2.45) is 0 Å². The number of carbonyl (C=O) groups excluding carboxylic acids is 2. The van der Waals surface area contributed by atoms with Crippen LogP contribution in [0, 0.1) is 0 Å². The van der Waals surface area contributed by atoms with Gasteiger partial charge in [0.05, 0.1) is 12.4 Å². The molecule has 0 unspecified atom stereocenters. The predicted molar refractivity (Wildman–Crippen MR) is 139 cm³/mol. The highest BCUT2D eigenvalue weighted by Gasteiger charge is 2.25. The second kappa shape index (κ2) is 11.9. The quantitative estimate of drug-likeness (QED) is 0.520. The van der Waals surface area contributed by atoms with E-state index in [0.29, 0.717) is 42.9 Å². The van der Waals surface area contributed by atoms with E-state index in [4.69, 9.17) is 9.57 Å². The van der Waals surface area contributed by atoms with E-state index in [9.17, 15) is 9.59 Å². The lowest BCUT2D eigenvalue weighted by Gasteiger charge is -2.30. The number of anilines is 1. The van der Waals surface area contributed by atoms with E-state index in [-0.39, 0.29) is 18.1 Å². The van der Waals surface area contributed by atoms with E-state index in [1.54, 1.807) is 47.6 Å². The first-order chi connectivity index (χ1) is 18.1. The molecular formula is C28H33N5O4. The van der Waals surface area contributed by atoms with Crippen LogP contribution in [0.1, 0.15) is 48.0 Å². The Bertz CT molecular complexity index is 1150. The van der Waals surface area contributed by atoms with Gasteiger partial charge in [0.25, 0.3) is 5.91 Å². The summed E-state index contributed by atoms with van der Waals surface area (Å²) in [6, 6.07) is 16.4. The molecule has 9 heteroatoms. The minimum atomic E-state index is -0.390. The first-order valence-corrected chi connectivity index (χ1v) is 13.0. The lowest BCUT2D eigenvalue weighted by Crippen LogP contribution is -2.44. The standard InChI is InChI=1S/C28H33N5O4/c34-27(23-7-5-22(6-8-23)21-31-16-2-1-3-17-31)30-24-9-11-25(12-10-24)36-28(35)32-19-13-26(14-20-32)37-33-18-4-15-29-33/h4-12,15,18,26H,1-3,13-14,16-17,19-21H2,(H,30,34). The van der Waals surface area contributed by atoms with Gasteiger partial charge < -0.3 is 19.8 Å². The number of nitrogens with one attached hydrogen (secondary N) is 1. The Balaban J connectivity index is 1.07. The maximum absolute atomic E-state index is 12.7. The van der Waals surface area contributed by atoms with E-state index in [1.807, 2.05) is 24.3 Å². The fourth-order valence-electron chi connectivity index (χ4n) is 4.73. The number of piperidine rings is 2. The lowest BCUT2D eigenvalue weighted by atomic mass is 10.1. The molecule has 2 amide bonds. The third-order valence-electron chi connectivity index (χ3n) is 6.83. The number of aromatic nitrogens is 2. The van der Waals surface area contributed by atoms with Gasteiger partial charge in [0.1, 0.15) is 11.9 Å². The first kappa shape index (κ1) is 24.8. The second-order valence-corrected chi connectivity index (χ2v) is 9.58. The van der Waals surface area contributed by atoms with Crippen LogP contribution in [0.2, 0.25) is 0 Å². The number of rotatable bonds is 7. The van der Waals surface area contributed by atoms with E-state index >= 15 is 0 Å². The molecule has 0 radical (unpaired) electrons. The van der Waals surface area contributed by atoms with Gasteiger partial charge in [0.2, 0.25) is 0 Å². The van der Waals surface area contributed by atoms with Gasteiger partial charge in [-0.1, -0.05) is 18.6 Å². The Morgan fingerprint density at radius 1 is 0.919 bits per heavy atom. The summed E-state index contributed by atoms with van der Waals surface area (Å²) in [4.78, 5) is 36.6. The zero-order chi connectivity index (χ0) is 25.5. The molecule has 2 aromatic carbocycles. The Labute approximate surface area is 216 Å². The van der Waals surface area contributed by atoms with Crippen LogP contribution >= 0.6 is 0 Å². The van der Waals surface area contributed by atoms with Crippen LogP contribution < -0.4 is 14.9 Å². The maximum atomic E-state index is 12.7. The summed E-state index contributed by atoms with van der Waals surface area (Å²) in [5.74, 6) is 0.259. The van der Waals surface area contributed by atoms with Crippen molar-refractivity contribution in [1.29, 1.82) is 0 Å². The number of carbonyl (C=O) groups is 2. The SMILES string of the molecule is O=C(Nc1ccc(OC(=O)N2CCC(On3cccn3)CC2)cc1)c1ccc(CN2CCCCC2)cc1. The molecule has 2 fully saturated rings. The molecule has 3 heterocycles. The van der Waals surface area contributed by atoms with Crippen molar-refractivity contribution in [2.75, 3.05) is 31.5 Å². The minimum absolute atomic E-state index is 0.0118. The van der Waals surface area contributed by atoms with E-state index in [0.717, 1.165) is 19.6 Å². The van der Waals surface area contributed by atoms with Crippen molar-refractivity contribution in [1.82, 2.24) is 19.7 Å². The molecule has 3 aromatic rings. The minimum Gasteiger partial charge on any atom is -0.410 e. The summed E-state index contributed by atoms with van der Waals surface area (Å²) in [6.07, 6.45) is 8.30. The zero-order valence-corrected chi connectivity index (χ0v) is 20.9. The largest absolute Gasteiger partial charge is 0.415 e. The van der Waals surface area contributed by atoms with Gasteiger partial charge >= 0.3 is 6.09 Å². The number of ether oxygens (including phenoxy) is 1. The van der Waals surface area contributed by atoms with E-state index in [2.05, 4.69) is 15.3 Å². The van der Waals surface area contributed by atoms with Gasteiger partial charge in [-0.3, -0.25) is 9.69 Å². The van der Waals surface area contributed by atoms with Gasteiger partial charge in [-0.05, 0) is 74.0 Å². The van der Waals surface area contributed by atoms with Crippen molar-refractivity contribution >= 4 is 17.7 Å². The molecule has 2 aliphatic rings. The predicted octanol–water partition coefficient (Wildman–Crippen LogP) is 4.21. The number of likely N-dealkylation sites (tertiary alicyclic amines) is 2. The summed E-state index contributed by atoms with van der Waals surface area (Å²) < 4.78 is 5.53. The summed E-state index contributed by atoms with van der Waals surface area (Å²) in [5, 5.41) is 6.95. The van der Waals surface area contributed by atoms with Gasteiger partial charge in [-0.25, -0.2) is 4.79 Å². The molecule has 2 aliphatic heterocycles. The number of benzene rings is 2. The van der Waals surface area contributed by atoms with Gasteiger partial charge in [-0.2, -0.15) is 0 Å². The van der Waals surface area contributed by atoms with Crippen molar-refractivity contribution in [3.63, 3.8) is 0 Å². The third kappa shape index (κ3) is 6.89. The highest BCUT2D eigenvalue weighted by Crippen LogP contribution is 2.20. The average molecular weight is 504 g/mol. The molecule has 0 bridgehead atoms. The van der Waals surface area contributed by atoms with E-state index < -0.39 is 0 Å². The second-order valence-electron chi connectivity index (χ2n) is 9.58. The number of hydrogen-bond donors (Lipinski definition) is 1. The molecule has 0 saturated carbocycles. The molecule has 5 rings (SSSR count). The number of nitrogens with zero attached hydrogens (tertiary/aromatic N) is 4. The van der Waals surface area contributed by atoms with Gasteiger partial charge in [0.15, 0.2) is 0 Å². The third-order valence-corrected chi connectivity index (χ3v) is 6.83. The maximum Gasteiger partial charge on any atom is 0.415 e. The Morgan fingerprint density at radius 2 is 1.65 bits per heavy atom. The molecule has 1 N–H and O–H groups in total. The molecule has 194 valence electrons. The van der Waals surface area contributed by atoms with Crippen LogP contribution in [-0.4, -0.2) is 64.0 Å². The lowest BCUT2D eigenvalue weighted by molar-refractivity contribution is -0.0162.